The van der Waals surface area contributed by atoms with E-state index in [2.05, 4.69) is 9.88 Å². The number of halogens is 1. The summed E-state index contributed by atoms with van der Waals surface area (Å²) in [5, 5.41) is 3.38. The number of thiocarbonyl (C=S) groups is 1. The molecule has 7 heteroatoms. The van der Waals surface area contributed by atoms with Crippen LogP contribution in [0.15, 0.2) is 121 Å². The van der Waals surface area contributed by atoms with Gasteiger partial charge in [0, 0.05) is 16.3 Å². The van der Waals surface area contributed by atoms with E-state index in [1.807, 2.05) is 116 Å². The lowest BCUT2D eigenvalue weighted by Gasteiger charge is -2.29. The first-order chi connectivity index (χ1) is 19.9. The molecule has 0 aliphatic carbocycles. The van der Waals surface area contributed by atoms with E-state index in [1.54, 1.807) is 12.1 Å². The van der Waals surface area contributed by atoms with Crippen LogP contribution in [0.4, 0.5) is 5.69 Å². The predicted molar refractivity (Wildman–Crippen MR) is 169 cm³/mol. The Kier molecular flexibility index (Phi) is 7.10. The molecular formula is C34H24ClN3O2S. The van der Waals surface area contributed by atoms with Gasteiger partial charge in [-0.15, -0.1) is 0 Å². The lowest BCUT2D eigenvalue weighted by Crippen LogP contribution is -2.54. The van der Waals surface area contributed by atoms with Gasteiger partial charge in [-0.3, -0.25) is 19.8 Å². The van der Waals surface area contributed by atoms with E-state index in [0.29, 0.717) is 16.3 Å². The molecule has 1 saturated heterocycles. The third kappa shape index (κ3) is 5.11. The average molecular weight is 574 g/mol. The molecule has 0 unspecified atom stereocenters. The van der Waals surface area contributed by atoms with Gasteiger partial charge in [0.25, 0.3) is 11.8 Å². The molecule has 0 radical (unpaired) electrons. The lowest BCUT2D eigenvalue weighted by molar-refractivity contribution is -0.122. The van der Waals surface area contributed by atoms with Crippen LogP contribution in [-0.4, -0.2) is 21.5 Å². The molecule has 4 aromatic carbocycles. The highest BCUT2D eigenvalue weighted by Gasteiger charge is 2.35. The summed E-state index contributed by atoms with van der Waals surface area (Å²) < 4.78 is 2.13. The largest absolute Gasteiger partial charge is 0.309 e. The molecular weight excluding hydrogens is 550 g/mol. The van der Waals surface area contributed by atoms with Crippen molar-refractivity contribution in [3.63, 3.8) is 0 Å². The van der Waals surface area contributed by atoms with E-state index in [-0.39, 0.29) is 10.7 Å². The number of benzene rings is 4. The zero-order chi connectivity index (χ0) is 28.5. The Morgan fingerprint density at radius 2 is 1.41 bits per heavy atom. The molecule has 1 N–H and O–H groups in total. The first-order valence-corrected chi connectivity index (χ1v) is 13.8. The van der Waals surface area contributed by atoms with Crippen molar-refractivity contribution in [2.45, 2.75) is 6.92 Å². The number of nitrogens with zero attached hydrogens (tertiary/aromatic N) is 2. The number of rotatable bonds is 5. The summed E-state index contributed by atoms with van der Waals surface area (Å²) in [6.45, 7) is 1.94. The lowest BCUT2D eigenvalue weighted by atomic mass is 10.0. The third-order valence-corrected chi connectivity index (χ3v) is 7.43. The van der Waals surface area contributed by atoms with Crippen molar-refractivity contribution in [1.29, 1.82) is 0 Å². The number of hydrogen-bond acceptors (Lipinski definition) is 3. The second kappa shape index (κ2) is 11.0. The van der Waals surface area contributed by atoms with Crippen molar-refractivity contribution in [3.8, 4) is 28.2 Å². The molecule has 1 aliphatic rings. The number of nitrogens with one attached hydrogen (secondary N) is 1. The van der Waals surface area contributed by atoms with Crippen molar-refractivity contribution in [2.24, 2.45) is 0 Å². The molecule has 1 aromatic heterocycles. The molecule has 0 bridgehead atoms. The van der Waals surface area contributed by atoms with E-state index < -0.39 is 11.8 Å². The molecule has 2 amide bonds. The van der Waals surface area contributed by atoms with Gasteiger partial charge in [-0.25, -0.2) is 0 Å². The maximum absolute atomic E-state index is 13.9. The van der Waals surface area contributed by atoms with Gasteiger partial charge in [0.15, 0.2) is 5.11 Å². The molecule has 200 valence electrons. The predicted octanol–water partition coefficient (Wildman–Crippen LogP) is 7.60. The summed E-state index contributed by atoms with van der Waals surface area (Å²) in [5.41, 5.74) is 6.78. The number of carbonyl (C=O) groups is 2. The van der Waals surface area contributed by atoms with Crippen LogP contribution in [-0.2, 0) is 9.59 Å². The Bertz CT molecular complexity index is 1830. The van der Waals surface area contributed by atoms with E-state index in [4.69, 9.17) is 23.8 Å². The molecule has 2 heterocycles. The fraction of sp³-hybridized carbons (Fsp3) is 0.0294. The van der Waals surface area contributed by atoms with Crippen LogP contribution in [0.3, 0.4) is 0 Å². The number of hydrogen-bond donors (Lipinski definition) is 1. The van der Waals surface area contributed by atoms with Crippen LogP contribution >= 0.6 is 23.8 Å². The molecule has 1 fully saturated rings. The topological polar surface area (TPSA) is 54.3 Å². The van der Waals surface area contributed by atoms with Gasteiger partial charge in [-0.1, -0.05) is 84.4 Å². The summed E-state index contributed by atoms with van der Waals surface area (Å²) in [6.07, 6.45) is 1.66. The maximum Gasteiger partial charge on any atom is 0.270 e. The molecule has 5 nitrogen and oxygen atoms in total. The average Bonchev–Trinajstić information content (AvgIpc) is 3.36. The monoisotopic (exact) mass is 573 g/mol. The van der Waals surface area contributed by atoms with Gasteiger partial charge >= 0.3 is 0 Å². The van der Waals surface area contributed by atoms with Gasteiger partial charge < -0.3 is 4.57 Å². The molecule has 0 spiro atoms. The van der Waals surface area contributed by atoms with E-state index >= 15 is 0 Å². The molecule has 0 saturated carbocycles. The van der Waals surface area contributed by atoms with Crippen molar-refractivity contribution in [1.82, 2.24) is 9.88 Å². The van der Waals surface area contributed by atoms with Crippen molar-refractivity contribution in [3.05, 3.63) is 137 Å². The second-order valence-electron chi connectivity index (χ2n) is 9.67. The van der Waals surface area contributed by atoms with Crippen LogP contribution < -0.4 is 10.2 Å². The summed E-state index contributed by atoms with van der Waals surface area (Å²) in [7, 11) is 0. The number of aryl methyl sites for hydroxylation is 1. The highest BCUT2D eigenvalue weighted by molar-refractivity contribution is 7.80. The van der Waals surface area contributed by atoms with Crippen LogP contribution in [0, 0.1) is 6.92 Å². The summed E-state index contributed by atoms with van der Waals surface area (Å²) >= 11 is 11.7. The Hall–Kier alpha value is -4.78. The standard InChI is InChI=1S/C34H24ClN3O2S/c1-22-9-8-14-28(19-22)38-33(40)29(32(39)36-34(38)41)20-25-21-30(23-10-4-2-5-11-23)37(27-17-15-26(35)16-18-27)31(25)24-12-6-3-7-13-24/h2-21H,1H3,(H,36,39,41)/b29-20-. The van der Waals surface area contributed by atoms with Crippen LogP contribution in [0.1, 0.15) is 11.1 Å². The molecule has 41 heavy (non-hydrogen) atoms. The highest BCUT2D eigenvalue weighted by Crippen LogP contribution is 2.38. The van der Waals surface area contributed by atoms with Gasteiger partial charge in [0.1, 0.15) is 5.57 Å². The summed E-state index contributed by atoms with van der Waals surface area (Å²) in [5.74, 6) is -1.02. The first-order valence-electron chi connectivity index (χ1n) is 13.0. The third-order valence-electron chi connectivity index (χ3n) is 6.89. The van der Waals surface area contributed by atoms with E-state index in [1.165, 1.54) is 4.90 Å². The highest BCUT2D eigenvalue weighted by atomic mass is 35.5. The van der Waals surface area contributed by atoms with Gasteiger partial charge in [-0.2, -0.15) is 0 Å². The maximum atomic E-state index is 13.9. The van der Waals surface area contributed by atoms with Crippen molar-refractivity contribution in [2.75, 3.05) is 4.90 Å². The van der Waals surface area contributed by atoms with Crippen molar-refractivity contribution >= 4 is 52.5 Å². The summed E-state index contributed by atoms with van der Waals surface area (Å²) in [4.78, 5) is 28.5. The molecule has 5 aromatic rings. The van der Waals surface area contributed by atoms with Crippen LogP contribution in [0.2, 0.25) is 5.02 Å². The molecule has 1 aliphatic heterocycles. The van der Waals surface area contributed by atoms with Gasteiger partial charge in [0.05, 0.1) is 17.1 Å². The quantitative estimate of drug-likeness (QED) is 0.134. The normalized spacial score (nSPS) is 14.4. The van der Waals surface area contributed by atoms with E-state index in [9.17, 15) is 9.59 Å². The van der Waals surface area contributed by atoms with Crippen LogP contribution in [0.5, 0.6) is 0 Å². The Labute approximate surface area is 248 Å². The number of anilines is 1. The Morgan fingerprint density at radius 3 is 2.07 bits per heavy atom. The molecule has 6 rings (SSSR count). The first kappa shape index (κ1) is 26.4. The SMILES string of the molecule is Cc1cccc(N2C(=O)/C(=C\c3cc(-c4ccccc4)n(-c4ccc(Cl)cc4)c3-c3ccccc3)C(=O)NC2=S)c1. The number of carbonyl (C=O) groups excluding carboxylic acids is 2. The minimum absolute atomic E-state index is 0.00912. The van der Waals surface area contributed by atoms with Crippen LogP contribution in [0.25, 0.3) is 34.3 Å². The van der Waals surface area contributed by atoms with Gasteiger partial charge in [-0.05, 0) is 84.4 Å². The number of aromatic nitrogens is 1. The summed E-state index contributed by atoms with van der Waals surface area (Å²) in [6, 6.07) is 36.9. The smallest absolute Gasteiger partial charge is 0.270 e. The van der Waals surface area contributed by atoms with E-state index in [0.717, 1.165) is 33.8 Å². The fourth-order valence-electron chi connectivity index (χ4n) is 5.03. The molecule has 0 atom stereocenters. The number of amides is 2. The van der Waals surface area contributed by atoms with Gasteiger partial charge in [0.2, 0.25) is 0 Å². The second-order valence-corrected chi connectivity index (χ2v) is 10.5. The Morgan fingerprint density at radius 1 is 0.756 bits per heavy atom. The zero-order valence-electron chi connectivity index (χ0n) is 22.0. The minimum atomic E-state index is -0.539. The van der Waals surface area contributed by atoms with Crippen molar-refractivity contribution < 1.29 is 9.59 Å². The fourth-order valence-corrected chi connectivity index (χ4v) is 5.43. The minimum Gasteiger partial charge on any atom is -0.309 e. The Balaban J connectivity index is 1.60. The zero-order valence-corrected chi connectivity index (χ0v) is 23.6.